The van der Waals surface area contributed by atoms with Gasteiger partial charge in [-0.15, -0.1) is 16.9 Å². The van der Waals surface area contributed by atoms with E-state index in [1.807, 2.05) is 50.8 Å². The number of aromatic nitrogens is 4. The van der Waals surface area contributed by atoms with Crippen LogP contribution in [0, 0.1) is 0 Å². The molecule has 0 unspecified atom stereocenters. The highest BCUT2D eigenvalue weighted by Crippen LogP contribution is 2.39. The maximum atomic E-state index is 12.6. The quantitative estimate of drug-likeness (QED) is 0.449. The number of pyridine rings is 1. The van der Waals surface area contributed by atoms with Gasteiger partial charge in [-0.1, -0.05) is 59.8 Å². The number of aryl methyl sites for hydroxylation is 1. The van der Waals surface area contributed by atoms with E-state index in [9.17, 15) is 4.79 Å². The van der Waals surface area contributed by atoms with Crippen LogP contribution in [0.15, 0.2) is 59.8 Å². The second-order valence-electron chi connectivity index (χ2n) is 6.76. The number of fused-ring (bicyclic) bond motifs is 1. The number of nitrogens with zero attached hydrogens (tertiary/aromatic N) is 4. The van der Waals surface area contributed by atoms with E-state index in [4.69, 9.17) is 0 Å². The summed E-state index contributed by atoms with van der Waals surface area (Å²) < 4.78 is 0. The van der Waals surface area contributed by atoms with Crippen LogP contribution in [0.3, 0.4) is 0 Å². The predicted molar refractivity (Wildman–Crippen MR) is 141 cm³/mol. The molecule has 2 N–H and O–H groups in total. The summed E-state index contributed by atoms with van der Waals surface area (Å²) in [6, 6.07) is 11.9. The summed E-state index contributed by atoms with van der Waals surface area (Å²) in [6.45, 7) is 14.5. The molecule has 1 aliphatic rings. The summed E-state index contributed by atoms with van der Waals surface area (Å²) in [4.78, 5) is 24.3. The molecule has 4 rings (SSSR count). The molecule has 1 aromatic carbocycles. The Balaban J connectivity index is 0.00000110. The number of rotatable bonds is 6. The molecule has 3 heterocycles. The lowest BCUT2D eigenvalue weighted by molar-refractivity contribution is -0.115. The average Bonchev–Trinajstić information content (AvgIpc) is 3.32. The Morgan fingerprint density at radius 2 is 2.03 bits per heavy atom. The molecule has 1 amide bonds. The first-order valence-electron chi connectivity index (χ1n) is 11.5. The molecular formula is C25H36N6OS. The summed E-state index contributed by atoms with van der Waals surface area (Å²) in [7, 11) is 0. The lowest BCUT2D eigenvalue weighted by Gasteiger charge is -2.32. The number of aromatic amines is 1. The lowest BCUT2D eigenvalue weighted by Crippen LogP contribution is -2.35. The van der Waals surface area contributed by atoms with Crippen LogP contribution in [-0.2, 0) is 11.2 Å². The van der Waals surface area contributed by atoms with Crippen molar-refractivity contribution in [1.29, 1.82) is 0 Å². The zero-order valence-corrected chi connectivity index (χ0v) is 21.0. The van der Waals surface area contributed by atoms with Gasteiger partial charge in [0.2, 0.25) is 11.9 Å². The van der Waals surface area contributed by atoms with Gasteiger partial charge < -0.3 is 4.90 Å². The minimum atomic E-state index is -0.201. The van der Waals surface area contributed by atoms with Crippen molar-refractivity contribution >= 4 is 29.3 Å². The molecule has 0 aliphatic carbocycles. The number of amides is 1. The van der Waals surface area contributed by atoms with Gasteiger partial charge in [-0.05, 0) is 36.2 Å². The summed E-state index contributed by atoms with van der Waals surface area (Å²) in [5.41, 5.74) is 3.91. The number of carbonyl (C=O) groups excluding carboxylic acids is 1. The number of thioether (sulfide) groups is 1. The number of anilines is 2. The van der Waals surface area contributed by atoms with E-state index in [0.29, 0.717) is 11.5 Å². The van der Waals surface area contributed by atoms with Crippen molar-refractivity contribution in [2.75, 3.05) is 22.5 Å². The molecule has 178 valence electrons. The Labute approximate surface area is 202 Å². The molecular weight excluding hydrogens is 432 g/mol. The number of benzene rings is 1. The molecule has 0 saturated carbocycles. The lowest BCUT2D eigenvalue weighted by atomic mass is 10.1. The van der Waals surface area contributed by atoms with Crippen LogP contribution in [0.1, 0.15) is 48.0 Å². The summed E-state index contributed by atoms with van der Waals surface area (Å²) in [5.74, 6) is 1.30. The summed E-state index contributed by atoms with van der Waals surface area (Å²) in [5, 5.41) is 9.62. The number of hydrogen-bond donors (Lipinski definition) is 2. The summed E-state index contributed by atoms with van der Waals surface area (Å²) >= 11 is 1.76. The van der Waals surface area contributed by atoms with Crippen molar-refractivity contribution in [2.45, 2.75) is 52.4 Å². The van der Waals surface area contributed by atoms with Crippen LogP contribution in [-0.4, -0.2) is 38.4 Å². The second kappa shape index (κ2) is 13.4. The Morgan fingerprint density at radius 3 is 2.73 bits per heavy atom. The van der Waals surface area contributed by atoms with E-state index in [-0.39, 0.29) is 19.8 Å². The highest BCUT2D eigenvalue weighted by atomic mass is 32.2. The van der Waals surface area contributed by atoms with Crippen LogP contribution in [0.2, 0.25) is 0 Å². The molecule has 0 bridgehead atoms. The van der Waals surface area contributed by atoms with E-state index in [0.717, 1.165) is 30.0 Å². The van der Waals surface area contributed by atoms with Gasteiger partial charge >= 0.3 is 0 Å². The monoisotopic (exact) mass is 468 g/mol. The Kier molecular flexibility index (Phi) is 10.6. The van der Waals surface area contributed by atoms with Crippen molar-refractivity contribution in [1.82, 2.24) is 20.2 Å². The third kappa shape index (κ3) is 6.92. The average molecular weight is 469 g/mol. The van der Waals surface area contributed by atoms with E-state index in [1.54, 1.807) is 18.0 Å². The molecule has 0 fully saturated rings. The zero-order valence-electron chi connectivity index (χ0n) is 20.2. The number of carbonyl (C=O) groups is 1. The highest BCUT2D eigenvalue weighted by Gasteiger charge is 2.23. The van der Waals surface area contributed by atoms with Crippen molar-refractivity contribution < 1.29 is 6.22 Å². The fourth-order valence-electron chi connectivity index (χ4n) is 3.19. The van der Waals surface area contributed by atoms with Crippen LogP contribution in [0.25, 0.3) is 11.5 Å². The summed E-state index contributed by atoms with van der Waals surface area (Å²) in [6.07, 6.45) is 3.84. The van der Waals surface area contributed by atoms with Gasteiger partial charge in [-0.25, -0.2) is 0 Å². The first-order chi connectivity index (χ1) is 16.1. The third-order valence-corrected chi connectivity index (χ3v) is 5.69. The Morgan fingerprint density at radius 1 is 1.24 bits per heavy atom. The minimum Gasteiger partial charge on any atom is -0.335 e. The molecule has 0 radical (unpaired) electrons. The van der Waals surface area contributed by atoms with Crippen molar-refractivity contribution in [3.8, 4) is 11.5 Å². The molecule has 1 aliphatic heterocycles. The molecule has 8 heteroatoms. The van der Waals surface area contributed by atoms with Gasteiger partial charge in [-0.2, -0.15) is 4.98 Å². The van der Waals surface area contributed by atoms with Crippen molar-refractivity contribution in [2.24, 2.45) is 0 Å². The van der Waals surface area contributed by atoms with Crippen molar-refractivity contribution in [3.63, 3.8) is 0 Å². The fraction of sp³-hybridized carbons (Fsp3) is 0.360. The van der Waals surface area contributed by atoms with Gasteiger partial charge in [0.15, 0.2) is 5.82 Å². The standard InChI is InChI=1S/C21H22N6OS.2C2H6.H2/c1-3-6-15-8-9-17-18(11-15)29-13-14(2)27(17)12-19(28)23-21-24-20(25-26-21)16-7-4-5-10-22-16;2*1-2;/h4-5,7-11H,2-3,6,12-13H2,1H3,(H2,23,24,25,26,28);2*1-2H3;1H. The van der Waals surface area contributed by atoms with Gasteiger partial charge in [0.05, 0.1) is 5.69 Å². The Bertz CT molecular complexity index is 1040. The van der Waals surface area contributed by atoms with Gasteiger partial charge in [0, 0.05) is 24.0 Å². The minimum absolute atomic E-state index is 0. The second-order valence-corrected chi connectivity index (χ2v) is 7.78. The maximum absolute atomic E-state index is 12.6. The predicted octanol–water partition coefficient (Wildman–Crippen LogP) is 6.18. The SMILES string of the molecule is C=C1CSc2cc(CCC)ccc2N1CC(=O)Nc1n[nH]c(-c2ccccn2)n1.CC.CC.[HH]. The van der Waals surface area contributed by atoms with Crippen LogP contribution in [0.4, 0.5) is 11.6 Å². The molecule has 0 atom stereocenters. The number of hydrogen-bond acceptors (Lipinski definition) is 6. The molecule has 3 aromatic rings. The number of H-pyrrole nitrogens is 1. The van der Waals surface area contributed by atoms with E-state index < -0.39 is 0 Å². The van der Waals surface area contributed by atoms with Crippen LogP contribution < -0.4 is 10.2 Å². The van der Waals surface area contributed by atoms with Gasteiger partial charge in [0.25, 0.3) is 0 Å². The van der Waals surface area contributed by atoms with Gasteiger partial charge in [-0.3, -0.25) is 20.2 Å². The van der Waals surface area contributed by atoms with E-state index in [1.165, 1.54) is 10.5 Å². The first kappa shape index (κ1) is 26.1. The molecule has 33 heavy (non-hydrogen) atoms. The normalized spacial score (nSPS) is 12.0. The van der Waals surface area contributed by atoms with Gasteiger partial charge in [0.1, 0.15) is 12.2 Å². The molecule has 0 saturated heterocycles. The van der Waals surface area contributed by atoms with Crippen LogP contribution in [0.5, 0.6) is 0 Å². The first-order valence-corrected chi connectivity index (χ1v) is 12.5. The molecule has 0 spiro atoms. The van der Waals surface area contributed by atoms with E-state index >= 15 is 0 Å². The zero-order chi connectivity index (χ0) is 24.2. The maximum Gasteiger partial charge on any atom is 0.249 e. The third-order valence-electron chi connectivity index (χ3n) is 4.58. The topological polar surface area (TPSA) is 86.8 Å². The Hall–Kier alpha value is -3.13. The fourth-order valence-corrected chi connectivity index (χ4v) is 4.23. The smallest absolute Gasteiger partial charge is 0.249 e. The highest BCUT2D eigenvalue weighted by molar-refractivity contribution is 7.99. The number of nitrogens with one attached hydrogen (secondary N) is 2. The molecule has 7 nitrogen and oxygen atoms in total. The van der Waals surface area contributed by atoms with Crippen LogP contribution >= 0.6 is 11.8 Å². The molecule has 2 aromatic heterocycles. The van der Waals surface area contributed by atoms with E-state index in [2.05, 4.69) is 57.2 Å². The largest absolute Gasteiger partial charge is 0.335 e. The van der Waals surface area contributed by atoms with Crippen molar-refractivity contribution in [3.05, 3.63) is 60.4 Å².